The summed E-state index contributed by atoms with van der Waals surface area (Å²) in [5.74, 6) is 1.09. The van der Waals surface area contributed by atoms with Gasteiger partial charge in [-0.2, -0.15) is 0 Å². The molecule has 0 N–H and O–H groups in total. The summed E-state index contributed by atoms with van der Waals surface area (Å²) in [6, 6.07) is 10.2. The number of carbonyl (C=O) groups is 1. The summed E-state index contributed by atoms with van der Waals surface area (Å²) in [5, 5.41) is 0. The lowest BCUT2D eigenvalue weighted by molar-refractivity contribution is 0.0751. The lowest BCUT2D eigenvalue weighted by atomic mass is 10.2. The van der Waals surface area contributed by atoms with E-state index in [1.54, 1.807) is 11.3 Å². The molecular weight excluding hydrogens is 332 g/mol. The van der Waals surface area contributed by atoms with Crippen LogP contribution in [0.15, 0.2) is 30.3 Å². The number of carbonyl (C=O) groups excluding carboxylic acids is 1. The van der Waals surface area contributed by atoms with E-state index < -0.39 is 0 Å². The third-order valence-corrected chi connectivity index (χ3v) is 5.77. The smallest absolute Gasteiger partial charge is 0.264 e. The van der Waals surface area contributed by atoms with Crippen LogP contribution in [0, 0.1) is 6.92 Å². The zero-order chi connectivity index (χ0) is 17.8. The van der Waals surface area contributed by atoms with Crippen LogP contribution in [0.3, 0.4) is 0 Å². The van der Waals surface area contributed by atoms with Gasteiger partial charge >= 0.3 is 0 Å². The molecule has 0 atom stereocenters. The van der Waals surface area contributed by atoms with Gasteiger partial charge in [-0.05, 0) is 44.0 Å². The third kappa shape index (κ3) is 3.82. The molecule has 1 aliphatic heterocycles. The number of hydrogen-bond acceptors (Lipinski definition) is 4. The summed E-state index contributed by atoms with van der Waals surface area (Å²) >= 11 is 1.62. The Morgan fingerprint density at radius 2 is 1.88 bits per heavy atom. The maximum absolute atomic E-state index is 12.8. The van der Waals surface area contributed by atoms with E-state index in [9.17, 15) is 4.79 Å². The maximum Gasteiger partial charge on any atom is 0.264 e. The van der Waals surface area contributed by atoms with Crippen molar-refractivity contribution in [2.45, 2.75) is 27.2 Å². The van der Waals surface area contributed by atoms with E-state index in [2.05, 4.69) is 30.9 Å². The Bertz CT molecular complexity index is 733. The average Bonchev–Trinajstić information content (AvgIpc) is 3.03. The molecule has 0 aliphatic carbocycles. The number of anilines is 1. The van der Waals surface area contributed by atoms with E-state index in [1.165, 1.54) is 10.4 Å². The first-order chi connectivity index (χ1) is 12.1. The van der Waals surface area contributed by atoms with Crippen molar-refractivity contribution in [2.24, 2.45) is 0 Å². The van der Waals surface area contributed by atoms with E-state index in [-0.39, 0.29) is 5.91 Å². The largest absolute Gasteiger partial charge is 0.492 e. The molecule has 134 valence electrons. The minimum absolute atomic E-state index is 0.172. The molecule has 0 saturated carbocycles. The van der Waals surface area contributed by atoms with Crippen molar-refractivity contribution >= 4 is 22.9 Å². The first-order valence-corrected chi connectivity index (χ1v) is 9.81. The summed E-state index contributed by atoms with van der Waals surface area (Å²) < 4.78 is 5.74. The van der Waals surface area contributed by atoms with E-state index in [1.807, 2.05) is 30.0 Å². The summed E-state index contributed by atoms with van der Waals surface area (Å²) in [7, 11) is 0. The predicted molar refractivity (Wildman–Crippen MR) is 104 cm³/mol. The van der Waals surface area contributed by atoms with Crippen LogP contribution in [-0.2, 0) is 6.42 Å². The van der Waals surface area contributed by atoms with Gasteiger partial charge in [0.15, 0.2) is 0 Å². The number of amides is 1. The molecule has 1 aromatic carbocycles. The molecule has 5 heteroatoms. The SMILES string of the molecule is CCOc1ccccc1N1CCN(C(=O)c2cc(CC)c(C)s2)CC1. The number of thiophene rings is 1. The number of benzene rings is 1. The van der Waals surface area contributed by atoms with Gasteiger partial charge in [-0.15, -0.1) is 11.3 Å². The second kappa shape index (κ2) is 7.91. The van der Waals surface area contributed by atoms with E-state index in [4.69, 9.17) is 4.74 Å². The number of ether oxygens (including phenoxy) is 1. The molecule has 1 aliphatic rings. The number of hydrogen-bond donors (Lipinski definition) is 0. The standard InChI is InChI=1S/C20H26N2O2S/c1-4-16-14-19(25-15(16)3)20(23)22-12-10-21(11-13-22)17-8-6-7-9-18(17)24-5-2/h6-9,14H,4-5,10-13H2,1-3H3. The Morgan fingerprint density at radius 1 is 1.16 bits per heavy atom. The van der Waals surface area contributed by atoms with Gasteiger partial charge in [0.2, 0.25) is 0 Å². The average molecular weight is 359 g/mol. The molecular formula is C20H26N2O2S. The molecule has 3 rings (SSSR count). The summed E-state index contributed by atoms with van der Waals surface area (Å²) in [5.41, 5.74) is 2.41. The van der Waals surface area contributed by atoms with E-state index in [0.717, 1.165) is 48.9 Å². The molecule has 1 saturated heterocycles. The molecule has 1 amide bonds. The zero-order valence-electron chi connectivity index (χ0n) is 15.2. The van der Waals surface area contributed by atoms with Crippen molar-refractivity contribution in [2.75, 3.05) is 37.7 Å². The minimum atomic E-state index is 0.172. The van der Waals surface area contributed by atoms with Crippen LogP contribution in [0.4, 0.5) is 5.69 Å². The number of piperazine rings is 1. The minimum Gasteiger partial charge on any atom is -0.492 e. The van der Waals surface area contributed by atoms with Gasteiger partial charge in [0.25, 0.3) is 5.91 Å². The molecule has 25 heavy (non-hydrogen) atoms. The number of para-hydroxylation sites is 2. The second-order valence-corrected chi connectivity index (χ2v) is 7.48. The van der Waals surface area contributed by atoms with Crippen LogP contribution in [0.2, 0.25) is 0 Å². The highest BCUT2D eigenvalue weighted by molar-refractivity contribution is 7.14. The molecule has 2 aromatic rings. The van der Waals surface area contributed by atoms with Crippen molar-refractivity contribution in [3.05, 3.63) is 45.6 Å². The summed E-state index contributed by atoms with van der Waals surface area (Å²) in [6.07, 6.45) is 0.984. The van der Waals surface area contributed by atoms with Crippen LogP contribution in [0.25, 0.3) is 0 Å². The number of aryl methyl sites for hydroxylation is 2. The normalized spacial score (nSPS) is 14.7. The van der Waals surface area contributed by atoms with Crippen LogP contribution in [0.1, 0.15) is 34.0 Å². The van der Waals surface area contributed by atoms with Gasteiger partial charge in [0.1, 0.15) is 5.75 Å². The molecule has 0 radical (unpaired) electrons. The molecule has 0 unspecified atom stereocenters. The van der Waals surface area contributed by atoms with Gasteiger partial charge in [-0.25, -0.2) is 0 Å². The van der Waals surface area contributed by atoms with E-state index >= 15 is 0 Å². The number of nitrogens with zero attached hydrogens (tertiary/aromatic N) is 2. The Hall–Kier alpha value is -2.01. The molecule has 0 spiro atoms. The van der Waals surface area contributed by atoms with Crippen molar-refractivity contribution in [1.82, 2.24) is 4.90 Å². The molecule has 1 fully saturated rings. The maximum atomic E-state index is 12.8. The van der Waals surface area contributed by atoms with Crippen molar-refractivity contribution in [1.29, 1.82) is 0 Å². The molecule has 1 aromatic heterocycles. The fourth-order valence-corrected chi connectivity index (χ4v) is 4.36. The molecule has 2 heterocycles. The highest BCUT2D eigenvalue weighted by atomic mass is 32.1. The van der Waals surface area contributed by atoms with Gasteiger partial charge in [-0.3, -0.25) is 4.79 Å². The Morgan fingerprint density at radius 3 is 2.52 bits per heavy atom. The van der Waals surface area contributed by atoms with Crippen molar-refractivity contribution < 1.29 is 9.53 Å². The summed E-state index contributed by atoms with van der Waals surface area (Å²) in [6.45, 7) is 10.1. The van der Waals surface area contributed by atoms with Gasteiger partial charge < -0.3 is 14.5 Å². The van der Waals surface area contributed by atoms with Crippen molar-refractivity contribution in [3.63, 3.8) is 0 Å². The zero-order valence-corrected chi connectivity index (χ0v) is 16.1. The lowest BCUT2D eigenvalue weighted by Gasteiger charge is -2.36. The first-order valence-electron chi connectivity index (χ1n) is 8.99. The highest BCUT2D eigenvalue weighted by Gasteiger charge is 2.25. The Labute approximate surface area is 154 Å². The lowest BCUT2D eigenvalue weighted by Crippen LogP contribution is -2.48. The number of rotatable bonds is 5. The van der Waals surface area contributed by atoms with E-state index in [0.29, 0.717) is 6.61 Å². The second-order valence-electron chi connectivity index (χ2n) is 6.23. The van der Waals surface area contributed by atoms with Crippen LogP contribution < -0.4 is 9.64 Å². The predicted octanol–water partition coefficient (Wildman–Crippen LogP) is 3.98. The van der Waals surface area contributed by atoms with Gasteiger partial charge in [0, 0.05) is 31.1 Å². The van der Waals surface area contributed by atoms with Crippen LogP contribution in [0.5, 0.6) is 5.75 Å². The quantitative estimate of drug-likeness (QED) is 0.810. The van der Waals surface area contributed by atoms with Crippen LogP contribution in [-0.4, -0.2) is 43.6 Å². The highest BCUT2D eigenvalue weighted by Crippen LogP contribution is 2.29. The fraction of sp³-hybridized carbons (Fsp3) is 0.450. The topological polar surface area (TPSA) is 32.8 Å². The monoisotopic (exact) mass is 358 g/mol. The Balaban J connectivity index is 1.66. The Kier molecular flexibility index (Phi) is 5.63. The van der Waals surface area contributed by atoms with Crippen LogP contribution >= 0.6 is 11.3 Å². The molecule has 0 bridgehead atoms. The molecule has 4 nitrogen and oxygen atoms in total. The summed E-state index contributed by atoms with van der Waals surface area (Å²) in [4.78, 5) is 19.2. The fourth-order valence-electron chi connectivity index (χ4n) is 3.28. The first kappa shape index (κ1) is 17.8. The van der Waals surface area contributed by atoms with Crippen molar-refractivity contribution in [3.8, 4) is 5.75 Å². The third-order valence-electron chi connectivity index (χ3n) is 4.68. The van der Waals surface area contributed by atoms with Gasteiger partial charge in [0.05, 0.1) is 17.2 Å². The van der Waals surface area contributed by atoms with Gasteiger partial charge in [-0.1, -0.05) is 19.1 Å².